The Hall–Kier alpha value is -6.95. The van der Waals surface area contributed by atoms with Crippen molar-refractivity contribution < 1.29 is 4.42 Å². The molecule has 0 bridgehead atoms. The van der Waals surface area contributed by atoms with E-state index in [9.17, 15) is 0 Å². The lowest BCUT2D eigenvalue weighted by Crippen LogP contribution is -2.09. The number of nitrogens with zero attached hydrogens (tertiary/aromatic N) is 3. The molecule has 0 radical (unpaired) electrons. The number of hydrogen-bond donors (Lipinski definition) is 0. The van der Waals surface area contributed by atoms with E-state index < -0.39 is 0 Å². The summed E-state index contributed by atoms with van der Waals surface area (Å²) in [4.78, 5) is 15.6. The fraction of sp³-hybridized carbons (Fsp3) is 0.0392. The maximum Gasteiger partial charge on any atom is 0.164 e. The third-order valence-corrected chi connectivity index (χ3v) is 12.0. The SMILES string of the molecule is C1=C(c2nc(-c3ccccc3)nc(-c3ccc(-c4ccccc4)cc3)n2)CC(c2cccc3sc4ccccc4c23)C=C1c1cccc2oc3ccccc3c12. The molecule has 1 atom stereocenters. The van der Waals surface area contributed by atoms with Crippen LogP contribution in [0, 0.1) is 0 Å². The minimum absolute atomic E-state index is 0.0608. The normalized spacial score (nSPS) is 14.4. The van der Waals surface area contributed by atoms with Crippen molar-refractivity contribution in [1.82, 2.24) is 15.0 Å². The van der Waals surface area contributed by atoms with E-state index in [2.05, 4.69) is 146 Å². The van der Waals surface area contributed by atoms with E-state index in [1.807, 2.05) is 47.7 Å². The predicted octanol–water partition coefficient (Wildman–Crippen LogP) is 13.8. The number of rotatable bonds is 6. The van der Waals surface area contributed by atoms with Gasteiger partial charge in [-0.3, -0.25) is 0 Å². The van der Waals surface area contributed by atoms with E-state index in [0.29, 0.717) is 17.5 Å². The topological polar surface area (TPSA) is 51.8 Å². The molecule has 10 aromatic rings. The zero-order valence-electron chi connectivity index (χ0n) is 30.3. The van der Waals surface area contributed by atoms with Crippen LogP contribution in [0.25, 0.3) is 87.2 Å². The van der Waals surface area contributed by atoms with E-state index in [1.54, 1.807) is 0 Å². The van der Waals surface area contributed by atoms with Gasteiger partial charge in [0.2, 0.25) is 0 Å². The number of para-hydroxylation sites is 1. The van der Waals surface area contributed by atoms with Crippen molar-refractivity contribution >= 4 is 64.6 Å². The molecule has 264 valence electrons. The molecule has 1 unspecified atom stereocenters. The minimum atomic E-state index is 0.0608. The maximum atomic E-state index is 6.39. The number of aromatic nitrogens is 3. The summed E-state index contributed by atoms with van der Waals surface area (Å²) in [7, 11) is 0. The van der Waals surface area contributed by atoms with Crippen LogP contribution < -0.4 is 0 Å². The molecule has 0 spiro atoms. The molecule has 0 N–H and O–H groups in total. The molecule has 4 nitrogen and oxygen atoms in total. The van der Waals surface area contributed by atoms with E-state index in [1.165, 1.54) is 31.3 Å². The fourth-order valence-electron chi connectivity index (χ4n) is 8.26. The van der Waals surface area contributed by atoms with Crippen LogP contribution in [0.3, 0.4) is 0 Å². The molecule has 0 aliphatic heterocycles. The highest BCUT2D eigenvalue weighted by atomic mass is 32.1. The van der Waals surface area contributed by atoms with Gasteiger partial charge in [-0.25, -0.2) is 15.0 Å². The first-order valence-corrected chi connectivity index (χ1v) is 19.8. The quantitative estimate of drug-likeness (QED) is 0.171. The second kappa shape index (κ2) is 13.4. The van der Waals surface area contributed by atoms with E-state index in [4.69, 9.17) is 19.4 Å². The van der Waals surface area contributed by atoms with Crippen LogP contribution in [0.5, 0.6) is 0 Å². The average Bonchev–Trinajstić information content (AvgIpc) is 3.86. The van der Waals surface area contributed by atoms with Crippen LogP contribution in [0.2, 0.25) is 0 Å². The average molecular weight is 736 g/mol. The molecule has 56 heavy (non-hydrogen) atoms. The summed E-state index contributed by atoms with van der Waals surface area (Å²) < 4.78 is 8.98. The van der Waals surface area contributed by atoms with Crippen molar-refractivity contribution in [1.29, 1.82) is 0 Å². The molecule has 0 amide bonds. The van der Waals surface area contributed by atoms with Gasteiger partial charge < -0.3 is 4.42 Å². The molecule has 0 saturated carbocycles. The molecule has 3 heterocycles. The number of fused-ring (bicyclic) bond motifs is 6. The minimum Gasteiger partial charge on any atom is -0.456 e. The Bertz CT molecular complexity index is 3160. The summed E-state index contributed by atoms with van der Waals surface area (Å²) >= 11 is 1.86. The first-order chi connectivity index (χ1) is 27.7. The summed E-state index contributed by atoms with van der Waals surface area (Å²) in [6, 6.07) is 59.4. The summed E-state index contributed by atoms with van der Waals surface area (Å²) in [5, 5.41) is 4.84. The van der Waals surface area contributed by atoms with Crippen molar-refractivity contribution in [2.75, 3.05) is 0 Å². The van der Waals surface area contributed by atoms with Gasteiger partial charge in [0.15, 0.2) is 17.5 Å². The number of furan rings is 1. The summed E-state index contributed by atoms with van der Waals surface area (Å²) in [5.74, 6) is 2.05. The molecule has 1 aliphatic carbocycles. The van der Waals surface area contributed by atoms with Gasteiger partial charge in [-0.15, -0.1) is 11.3 Å². The smallest absolute Gasteiger partial charge is 0.164 e. The van der Waals surface area contributed by atoms with E-state index in [-0.39, 0.29) is 5.92 Å². The van der Waals surface area contributed by atoms with Crippen LogP contribution in [0.1, 0.15) is 29.3 Å². The van der Waals surface area contributed by atoms with Crippen LogP contribution >= 0.6 is 11.3 Å². The Balaban J connectivity index is 1.12. The van der Waals surface area contributed by atoms with Crippen LogP contribution in [0.4, 0.5) is 0 Å². The van der Waals surface area contributed by atoms with Crippen molar-refractivity contribution in [3.8, 4) is 33.9 Å². The van der Waals surface area contributed by atoms with E-state index >= 15 is 0 Å². The van der Waals surface area contributed by atoms with Gasteiger partial charge in [-0.2, -0.15) is 0 Å². The summed E-state index contributed by atoms with van der Waals surface area (Å²) in [6.07, 6.45) is 5.48. The lowest BCUT2D eigenvalue weighted by Gasteiger charge is -2.24. The van der Waals surface area contributed by atoms with Crippen molar-refractivity contribution in [3.05, 3.63) is 199 Å². The number of hydrogen-bond acceptors (Lipinski definition) is 5. The molecule has 3 aromatic heterocycles. The third kappa shape index (κ3) is 5.64. The zero-order chi connectivity index (χ0) is 37.0. The lowest BCUT2D eigenvalue weighted by atomic mass is 9.81. The van der Waals surface area contributed by atoms with Gasteiger partial charge in [-0.1, -0.05) is 152 Å². The molecule has 0 saturated heterocycles. The first kappa shape index (κ1) is 32.5. The highest BCUT2D eigenvalue weighted by molar-refractivity contribution is 7.25. The Labute approximate surface area is 327 Å². The largest absolute Gasteiger partial charge is 0.456 e. The highest BCUT2D eigenvalue weighted by Gasteiger charge is 2.26. The Morgan fingerprint density at radius 1 is 0.464 bits per heavy atom. The van der Waals surface area contributed by atoms with Gasteiger partial charge in [0.25, 0.3) is 0 Å². The van der Waals surface area contributed by atoms with Crippen LogP contribution in [-0.4, -0.2) is 15.0 Å². The molecule has 7 aromatic carbocycles. The van der Waals surface area contributed by atoms with Crippen molar-refractivity contribution in [2.24, 2.45) is 0 Å². The van der Waals surface area contributed by atoms with Gasteiger partial charge >= 0.3 is 0 Å². The molecular formula is C51H33N3OS. The number of allylic oxidation sites excluding steroid dienone is 4. The summed E-state index contributed by atoms with van der Waals surface area (Å²) in [6.45, 7) is 0. The Morgan fingerprint density at radius 3 is 1.86 bits per heavy atom. The second-order valence-corrected chi connectivity index (χ2v) is 15.4. The Morgan fingerprint density at radius 2 is 1.05 bits per heavy atom. The lowest BCUT2D eigenvalue weighted by molar-refractivity contribution is 0.669. The molecule has 5 heteroatoms. The second-order valence-electron chi connectivity index (χ2n) is 14.3. The maximum absolute atomic E-state index is 6.39. The molecule has 0 fully saturated rings. The number of benzene rings is 7. The third-order valence-electron chi connectivity index (χ3n) is 10.9. The first-order valence-electron chi connectivity index (χ1n) is 18.9. The van der Waals surface area contributed by atoms with E-state index in [0.717, 1.165) is 61.8 Å². The molecular weight excluding hydrogens is 703 g/mol. The predicted molar refractivity (Wildman–Crippen MR) is 232 cm³/mol. The molecule has 11 rings (SSSR count). The van der Waals surface area contributed by atoms with Crippen LogP contribution in [0.15, 0.2) is 186 Å². The van der Waals surface area contributed by atoms with Crippen LogP contribution in [-0.2, 0) is 0 Å². The monoisotopic (exact) mass is 735 g/mol. The highest BCUT2D eigenvalue weighted by Crippen LogP contribution is 2.46. The fourth-order valence-corrected chi connectivity index (χ4v) is 9.40. The van der Waals surface area contributed by atoms with Gasteiger partial charge in [0, 0.05) is 48.0 Å². The number of thiophene rings is 1. The zero-order valence-corrected chi connectivity index (χ0v) is 31.1. The van der Waals surface area contributed by atoms with Crippen molar-refractivity contribution in [2.45, 2.75) is 12.3 Å². The summed E-state index contributed by atoms with van der Waals surface area (Å²) in [5.41, 5.74) is 10.6. The van der Waals surface area contributed by atoms with Crippen molar-refractivity contribution in [3.63, 3.8) is 0 Å². The molecule has 1 aliphatic rings. The standard InChI is InChI=1S/C51H33N3OS/c1-3-13-32(14-4-1)33-25-27-35(28-26-33)50-52-49(34-15-5-2-6-16-34)53-51(54-50)38-30-36(39-19-11-22-44-47(39)41-17-7-9-21-43(41)55-44)29-37(31-38)40-20-12-24-46-48(40)42-18-8-10-23-45(42)56-46/h1-30,37H,31H2. The van der Waals surface area contributed by atoms with Gasteiger partial charge in [0.05, 0.1) is 0 Å². The Kier molecular flexibility index (Phi) is 7.78. The van der Waals surface area contributed by atoms with Gasteiger partial charge in [-0.05, 0) is 70.2 Å². The van der Waals surface area contributed by atoms with Gasteiger partial charge in [0.1, 0.15) is 11.2 Å².